The number of H-pyrrole nitrogens is 1. The minimum absolute atomic E-state index is 0.0809. The Kier molecular flexibility index (Phi) is 5.33. The van der Waals surface area contributed by atoms with Crippen LogP contribution >= 0.6 is 21.0 Å². The number of fused-ring (bicyclic) bond motifs is 2. The van der Waals surface area contributed by atoms with Crippen molar-refractivity contribution in [2.75, 3.05) is 14.2 Å². The second-order valence-corrected chi connectivity index (χ2v) is 8.26. The van der Waals surface area contributed by atoms with Gasteiger partial charge in [0.1, 0.15) is 6.33 Å². The summed E-state index contributed by atoms with van der Waals surface area (Å²) in [4.78, 5) is 17.3. The van der Waals surface area contributed by atoms with Gasteiger partial charge in [-0.1, -0.05) is 7.79 Å². The highest BCUT2D eigenvalue weighted by Crippen LogP contribution is 2.38. The van der Waals surface area contributed by atoms with Crippen LogP contribution in [0.3, 0.4) is 0 Å². The van der Waals surface area contributed by atoms with Crippen molar-refractivity contribution in [1.82, 2.24) is 18.2 Å². The summed E-state index contributed by atoms with van der Waals surface area (Å²) in [6, 6.07) is 8.53. The average molecular weight is 508 g/mol. The summed E-state index contributed by atoms with van der Waals surface area (Å²) < 4.78 is 31.7. The number of aryl methyl sites for hydroxylation is 1. The number of hydroxylamine groups is 1. The molecular weight excluding hydrogens is 490 g/mol. The normalized spacial score (nSPS) is 11.3. The topological polar surface area (TPSA) is 72.5 Å². The molecule has 2 aromatic carbocycles. The van der Waals surface area contributed by atoms with E-state index in [-0.39, 0.29) is 11.6 Å². The molecule has 0 saturated carbocycles. The van der Waals surface area contributed by atoms with Crippen LogP contribution in [0.5, 0.6) is 23.1 Å². The molecule has 9 heteroatoms. The first-order valence-corrected chi connectivity index (χ1v) is 11.1. The van der Waals surface area contributed by atoms with Crippen LogP contribution in [0.2, 0.25) is 0 Å². The van der Waals surface area contributed by atoms with Crippen molar-refractivity contribution >= 4 is 47.3 Å². The lowest BCUT2D eigenvalue weighted by Gasteiger charge is -2.16. The van der Waals surface area contributed by atoms with E-state index in [0.29, 0.717) is 33.3 Å². The summed E-state index contributed by atoms with van der Waals surface area (Å²) in [5.74, 6) is 0.844. The van der Waals surface area contributed by atoms with E-state index in [2.05, 4.69) is 19.5 Å². The van der Waals surface area contributed by atoms with Gasteiger partial charge in [0.25, 0.3) is 0 Å². The summed E-state index contributed by atoms with van der Waals surface area (Å²) in [6.07, 6.45) is 1.36. The van der Waals surface area contributed by atoms with E-state index in [4.69, 9.17) is 14.3 Å². The number of halogens is 2. The molecule has 29 heavy (non-hydrogen) atoms. The average Bonchev–Trinajstić information content (AvgIpc) is 3.11. The SMILES string of the molecule is C=IN(C)Oc1cc2ncnc(Oc3ccc4[nH]c(C)cc4c3F)c2cc1OC. The summed E-state index contributed by atoms with van der Waals surface area (Å²) >= 11 is -0.497. The molecule has 7 nitrogen and oxygen atoms in total. The molecule has 0 bridgehead atoms. The number of rotatable bonds is 6. The first-order valence-electron chi connectivity index (χ1n) is 8.59. The van der Waals surface area contributed by atoms with Gasteiger partial charge < -0.3 is 19.3 Å². The molecule has 0 saturated heterocycles. The Hall–Kier alpha value is -2.79. The second-order valence-electron chi connectivity index (χ2n) is 6.22. The Bertz CT molecular complexity index is 1230. The molecule has 0 unspecified atom stereocenters. The highest BCUT2D eigenvalue weighted by Gasteiger charge is 2.17. The van der Waals surface area contributed by atoms with Crippen molar-refractivity contribution < 1.29 is 18.7 Å². The molecule has 0 aliphatic carbocycles. The largest absolute Gasteiger partial charge is 0.493 e. The number of nitrogens with zero attached hydrogens (tertiary/aromatic N) is 3. The first kappa shape index (κ1) is 19.5. The van der Waals surface area contributed by atoms with Crippen LogP contribution in [0.25, 0.3) is 21.8 Å². The second kappa shape index (κ2) is 7.91. The third-order valence-corrected chi connectivity index (χ3v) is 5.48. The molecule has 0 atom stereocenters. The summed E-state index contributed by atoms with van der Waals surface area (Å²) in [6.45, 7) is 1.87. The third kappa shape index (κ3) is 3.75. The van der Waals surface area contributed by atoms with Gasteiger partial charge in [-0.3, -0.25) is 0 Å². The van der Waals surface area contributed by atoms with Crippen LogP contribution in [-0.2, 0) is 0 Å². The zero-order valence-corrected chi connectivity index (χ0v) is 18.2. The summed E-state index contributed by atoms with van der Waals surface area (Å²) in [7, 11) is 3.35. The Morgan fingerprint density at radius 3 is 2.69 bits per heavy atom. The van der Waals surface area contributed by atoms with Gasteiger partial charge in [-0.2, -0.15) is 0 Å². The molecule has 0 radical (unpaired) electrons. The Morgan fingerprint density at radius 1 is 1.10 bits per heavy atom. The molecule has 0 amide bonds. The molecule has 0 spiro atoms. The van der Waals surface area contributed by atoms with Crippen LogP contribution in [0, 0.1) is 12.7 Å². The van der Waals surface area contributed by atoms with Crippen molar-refractivity contribution in [3.05, 3.63) is 48.2 Å². The van der Waals surface area contributed by atoms with Gasteiger partial charge in [-0.05, 0) is 31.2 Å². The van der Waals surface area contributed by atoms with Crippen LogP contribution in [0.15, 0.2) is 36.7 Å². The summed E-state index contributed by atoms with van der Waals surface area (Å²) in [5, 5.41) is 1.04. The number of hydrogen-bond acceptors (Lipinski definition) is 6. The molecule has 150 valence electrons. The third-order valence-electron chi connectivity index (χ3n) is 4.32. The van der Waals surface area contributed by atoms with E-state index in [0.717, 1.165) is 5.69 Å². The number of methoxy groups -OCH3 is 1. The van der Waals surface area contributed by atoms with E-state index in [1.54, 1.807) is 47.8 Å². The Balaban J connectivity index is 1.78. The van der Waals surface area contributed by atoms with Crippen LogP contribution in [0.1, 0.15) is 5.69 Å². The zero-order chi connectivity index (χ0) is 20.5. The maximum Gasteiger partial charge on any atom is 0.230 e. The fourth-order valence-corrected chi connectivity index (χ4v) is 3.33. The molecular formula is C20H18FIN4O3. The molecule has 1 N–H and O–H groups in total. The van der Waals surface area contributed by atoms with Crippen molar-refractivity contribution in [3.63, 3.8) is 0 Å². The molecule has 0 aliphatic heterocycles. The predicted octanol–water partition coefficient (Wildman–Crippen LogP) is 4.90. The number of hydrogen-bond donors (Lipinski definition) is 1. The van der Waals surface area contributed by atoms with Crippen molar-refractivity contribution in [2.45, 2.75) is 6.92 Å². The van der Waals surface area contributed by atoms with E-state index in [1.807, 2.05) is 6.92 Å². The highest BCUT2D eigenvalue weighted by atomic mass is 127. The van der Waals surface area contributed by atoms with Crippen LogP contribution < -0.4 is 14.3 Å². The van der Waals surface area contributed by atoms with Gasteiger partial charge in [0.2, 0.25) is 5.88 Å². The first-order chi connectivity index (χ1) is 14.0. The molecule has 0 fully saturated rings. The van der Waals surface area contributed by atoms with E-state index < -0.39 is 26.8 Å². The lowest BCUT2D eigenvalue weighted by molar-refractivity contribution is 0.0984. The van der Waals surface area contributed by atoms with Crippen LogP contribution in [0.4, 0.5) is 4.39 Å². The van der Waals surface area contributed by atoms with Gasteiger partial charge in [0.15, 0.2) is 23.1 Å². The standard InChI is InChI=1S/C20H18FIN4O3/c1-11-7-12-14(25-11)5-6-16(19(12)21)28-20-13-8-17(27-4)18(29-26(3)22-2)9-15(13)23-10-24-20/h5-10,25H,2H2,1,3-4H3. The van der Waals surface area contributed by atoms with E-state index in [9.17, 15) is 4.39 Å². The van der Waals surface area contributed by atoms with Crippen molar-refractivity contribution in [1.29, 1.82) is 0 Å². The van der Waals surface area contributed by atoms with Gasteiger partial charge in [-0.15, -0.1) is 0 Å². The lowest BCUT2D eigenvalue weighted by Crippen LogP contribution is -2.10. The van der Waals surface area contributed by atoms with Crippen LogP contribution in [-0.4, -0.2) is 36.9 Å². The fourth-order valence-electron chi connectivity index (χ4n) is 2.98. The smallest absolute Gasteiger partial charge is 0.230 e. The maximum absolute atomic E-state index is 14.9. The number of ether oxygens (including phenoxy) is 2. The maximum atomic E-state index is 14.9. The highest BCUT2D eigenvalue weighted by molar-refractivity contribution is 14.2. The Labute approximate surface area is 176 Å². The predicted molar refractivity (Wildman–Crippen MR) is 119 cm³/mol. The minimum Gasteiger partial charge on any atom is -0.493 e. The Morgan fingerprint density at radius 2 is 1.93 bits per heavy atom. The van der Waals surface area contributed by atoms with Gasteiger partial charge >= 0.3 is 0 Å². The zero-order valence-electron chi connectivity index (χ0n) is 16.0. The minimum atomic E-state index is -0.497. The van der Waals surface area contributed by atoms with E-state index >= 15 is 0 Å². The molecule has 0 aliphatic rings. The quantitative estimate of drug-likeness (QED) is 0.227. The number of benzene rings is 2. The van der Waals surface area contributed by atoms with Crippen molar-refractivity contribution in [2.24, 2.45) is 0 Å². The number of aromatic nitrogens is 3. The fraction of sp³-hybridized carbons (Fsp3) is 0.150. The molecule has 4 aromatic rings. The lowest BCUT2D eigenvalue weighted by atomic mass is 10.2. The van der Waals surface area contributed by atoms with Crippen molar-refractivity contribution in [3.8, 4) is 23.1 Å². The summed E-state index contributed by atoms with van der Waals surface area (Å²) in [5.41, 5.74) is 2.16. The molecule has 4 rings (SSSR count). The molecule has 2 heterocycles. The molecule has 2 aromatic heterocycles. The van der Waals surface area contributed by atoms with Gasteiger partial charge in [0.05, 0.1) is 18.0 Å². The number of nitrogens with one attached hydrogen (secondary N) is 1. The van der Waals surface area contributed by atoms with E-state index in [1.165, 1.54) is 6.33 Å². The number of aromatic amines is 1. The van der Waals surface area contributed by atoms with Gasteiger partial charge in [-0.25, -0.2) is 14.4 Å². The monoisotopic (exact) mass is 508 g/mol. The van der Waals surface area contributed by atoms with Gasteiger partial charge in [0, 0.05) is 50.7 Å².